The van der Waals surface area contributed by atoms with Gasteiger partial charge in [-0.25, -0.2) is 0 Å². The lowest BCUT2D eigenvalue weighted by Crippen LogP contribution is -2.37. The van der Waals surface area contributed by atoms with Crippen LogP contribution in [0.15, 0.2) is 47.6 Å². The summed E-state index contributed by atoms with van der Waals surface area (Å²) < 4.78 is 12.2. The van der Waals surface area contributed by atoms with Gasteiger partial charge in [0, 0.05) is 17.8 Å². The Morgan fingerprint density at radius 1 is 1.17 bits per heavy atom. The Morgan fingerprint density at radius 3 is 2.76 bits per heavy atom. The summed E-state index contributed by atoms with van der Waals surface area (Å²) in [5, 5.41) is 12.4. The Hall–Kier alpha value is -3.07. The van der Waals surface area contributed by atoms with Crippen molar-refractivity contribution in [2.45, 2.75) is 24.5 Å². The minimum absolute atomic E-state index is 0.0364. The monoisotopic (exact) mass is 411 g/mol. The second kappa shape index (κ2) is 8.12. The summed E-state index contributed by atoms with van der Waals surface area (Å²) >= 11 is 1.31. The number of benzene rings is 2. The van der Waals surface area contributed by atoms with Gasteiger partial charge >= 0.3 is 0 Å². The van der Waals surface area contributed by atoms with E-state index in [1.165, 1.54) is 17.3 Å². The number of anilines is 1. The summed E-state index contributed by atoms with van der Waals surface area (Å²) in [7, 11) is 3.16. The average Bonchev–Trinajstić information content (AvgIpc) is 3.34. The summed E-state index contributed by atoms with van der Waals surface area (Å²) in [6.07, 6.45) is 0.871. The zero-order chi connectivity index (χ0) is 20.4. The molecule has 0 fully saturated rings. The predicted molar refractivity (Wildman–Crippen MR) is 110 cm³/mol. The van der Waals surface area contributed by atoms with Crippen molar-refractivity contribution in [2.24, 2.45) is 0 Å². The molecule has 2 aromatic carbocycles. The van der Waals surface area contributed by atoms with Gasteiger partial charge in [-0.1, -0.05) is 30.0 Å². The highest BCUT2D eigenvalue weighted by atomic mass is 32.2. The minimum atomic E-state index is 0.0364. The summed E-state index contributed by atoms with van der Waals surface area (Å²) in [4.78, 5) is 14.8. The van der Waals surface area contributed by atoms with E-state index < -0.39 is 0 Å². The molecule has 0 radical (unpaired) electrons. The third-order valence-corrected chi connectivity index (χ3v) is 5.76. The molecule has 0 N–H and O–H groups in total. The quantitative estimate of drug-likeness (QED) is 0.577. The van der Waals surface area contributed by atoms with Crippen LogP contribution in [0.25, 0.3) is 5.69 Å². The number of thioether (sulfide) groups is 1. The van der Waals surface area contributed by atoms with Gasteiger partial charge in [0.25, 0.3) is 0 Å². The number of rotatable bonds is 6. The molecule has 1 amide bonds. The van der Waals surface area contributed by atoms with Crippen molar-refractivity contribution in [2.75, 3.05) is 24.9 Å². The van der Waals surface area contributed by atoms with Crippen LogP contribution in [0.3, 0.4) is 0 Å². The van der Waals surface area contributed by atoms with E-state index in [1.54, 1.807) is 31.0 Å². The Kier molecular flexibility index (Phi) is 5.39. The van der Waals surface area contributed by atoms with Gasteiger partial charge in [0.15, 0.2) is 11.5 Å². The van der Waals surface area contributed by atoms with Gasteiger partial charge in [0.1, 0.15) is 0 Å². The molecule has 0 saturated carbocycles. The van der Waals surface area contributed by atoms with Crippen molar-refractivity contribution in [3.8, 4) is 17.2 Å². The molecule has 4 rings (SSSR count). The number of amides is 1. The van der Waals surface area contributed by atoms with Gasteiger partial charge in [-0.2, -0.15) is 4.68 Å². The number of para-hydroxylation sites is 1. The SMILES string of the molecule is COc1ccc(-n2nnnc2SCC(=O)N2c3ccccc3C[C@@H]2C)cc1OC. The highest BCUT2D eigenvalue weighted by Crippen LogP contribution is 2.33. The van der Waals surface area contributed by atoms with Gasteiger partial charge in [-0.05, 0) is 47.5 Å². The molecule has 1 aliphatic rings. The second-order valence-corrected chi connectivity index (χ2v) is 7.59. The van der Waals surface area contributed by atoms with E-state index in [0.717, 1.165) is 17.8 Å². The third-order valence-electron chi connectivity index (χ3n) is 4.85. The van der Waals surface area contributed by atoms with Crippen molar-refractivity contribution in [3.63, 3.8) is 0 Å². The number of methoxy groups -OCH3 is 2. The smallest absolute Gasteiger partial charge is 0.237 e. The van der Waals surface area contributed by atoms with Gasteiger partial charge < -0.3 is 14.4 Å². The van der Waals surface area contributed by atoms with E-state index in [2.05, 4.69) is 28.5 Å². The summed E-state index contributed by atoms with van der Waals surface area (Å²) in [5.41, 5.74) is 2.92. The molecular weight excluding hydrogens is 390 g/mol. The van der Waals surface area contributed by atoms with Crippen LogP contribution in [0.5, 0.6) is 11.5 Å². The lowest BCUT2D eigenvalue weighted by atomic mass is 10.1. The number of nitrogens with zero attached hydrogens (tertiary/aromatic N) is 5. The summed E-state index contributed by atoms with van der Waals surface area (Å²) in [6, 6.07) is 13.6. The number of hydrogen-bond acceptors (Lipinski definition) is 7. The topological polar surface area (TPSA) is 82.4 Å². The highest BCUT2D eigenvalue weighted by molar-refractivity contribution is 7.99. The molecule has 1 aromatic heterocycles. The van der Waals surface area contributed by atoms with E-state index >= 15 is 0 Å². The van der Waals surface area contributed by atoms with Crippen LogP contribution >= 0.6 is 11.8 Å². The number of hydrogen-bond donors (Lipinski definition) is 0. The Bertz CT molecular complexity index is 1040. The molecule has 0 unspecified atom stereocenters. The van der Waals surface area contributed by atoms with Crippen molar-refractivity contribution in [1.82, 2.24) is 20.2 Å². The molecule has 1 aliphatic heterocycles. The Balaban J connectivity index is 1.51. The van der Waals surface area contributed by atoms with Gasteiger partial charge in [-0.3, -0.25) is 4.79 Å². The minimum Gasteiger partial charge on any atom is -0.493 e. The molecule has 150 valence electrons. The maximum absolute atomic E-state index is 12.9. The van der Waals surface area contributed by atoms with Crippen molar-refractivity contribution >= 4 is 23.4 Å². The zero-order valence-electron chi connectivity index (χ0n) is 16.4. The van der Waals surface area contributed by atoms with Gasteiger partial charge in [0.05, 0.1) is 25.7 Å². The maximum Gasteiger partial charge on any atom is 0.237 e. The first-order valence-corrected chi connectivity index (χ1v) is 10.1. The Morgan fingerprint density at radius 2 is 1.97 bits per heavy atom. The molecule has 9 heteroatoms. The highest BCUT2D eigenvalue weighted by Gasteiger charge is 2.30. The number of carbonyl (C=O) groups excluding carboxylic acids is 1. The average molecular weight is 411 g/mol. The number of fused-ring (bicyclic) bond motifs is 1. The van der Waals surface area contributed by atoms with Gasteiger partial charge in [-0.15, -0.1) is 5.10 Å². The van der Waals surface area contributed by atoms with Crippen LogP contribution < -0.4 is 14.4 Å². The first-order chi connectivity index (χ1) is 14.1. The number of tetrazole rings is 1. The molecule has 3 aromatic rings. The molecule has 2 heterocycles. The molecular formula is C20H21N5O3S. The molecule has 0 bridgehead atoms. The predicted octanol–water partition coefficient (Wildman–Crippen LogP) is 2.75. The lowest BCUT2D eigenvalue weighted by molar-refractivity contribution is -0.116. The third kappa shape index (κ3) is 3.65. The van der Waals surface area contributed by atoms with Crippen LogP contribution in [0.2, 0.25) is 0 Å². The molecule has 0 saturated heterocycles. The molecule has 0 spiro atoms. The fourth-order valence-corrected chi connectivity index (χ4v) is 4.28. The van der Waals surface area contributed by atoms with E-state index in [4.69, 9.17) is 9.47 Å². The van der Waals surface area contributed by atoms with E-state index in [-0.39, 0.29) is 17.7 Å². The fraction of sp³-hybridized carbons (Fsp3) is 0.300. The van der Waals surface area contributed by atoms with Crippen molar-refractivity contribution in [1.29, 1.82) is 0 Å². The number of aromatic nitrogens is 4. The number of ether oxygens (including phenoxy) is 2. The molecule has 0 aliphatic carbocycles. The Labute approximate surface area is 172 Å². The van der Waals surface area contributed by atoms with Crippen LogP contribution in [-0.4, -0.2) is 52.1 Å². The van der Waals surface area contributed by atoms with Gasteiger partial charge in [0.2, 0.25) is 11.1 Å². The first-order valence-electron chi connectivity index (χ1n) is 9.16. The van der Waals surface area contributed by atoms with Crippen molar-refractivity contribution in [3.05, 3.63) is 48.0 Å². The normalized spacial score (nSPS) is 15.3. The van der Waals surface area contributed by atoms with Crippen LogP contribution in [0.4, 0.5) is 5.69 Å². The molecule has 1 atom stereocenters. The van der Waals surface area contributed by atoms with Crippen LogP contribution in [-0.2, 0) is 11.2 Å². The van der Waals surface area contributed by atoms with Crippen LogP contribution in [0.1, 0.15) is 12.5 Å². The zero-order valence-corrected chi connectivity index (χ0v) is 17.2. The van der Waals surface area contributed by atoms with Crippen LogP contribution in [0, 0.1) is 0 Å². The van der Waals surface area contributed by atoms with Crippen molar-refractivity contribution < 1.29 is 14.3 Å². The standard InChI is InChI=1S/C20H21N5O3S/c1-13-10-14-6-4-5-7-16(14)24(13)19(26)12-29-20-21-22-23-25(20)15-8-9-17(27-2)18(11-15)28-3/h4-9,11,13H,10,12H2,1-3H3/t13-/m0/s1. The molecule has 8 nitrogen and oxygen atoms in total. The van der Waals surface area contributed by atoms with E-state index in [1.807, 2.05) is 29.2 Å². The lowest BCUT2D eigenvalue weighted by Gasteiger charge is -2.22. The largest absolute Gasteiger partial charge is 0.493 e. The molecule has 29 heavy (non-hydrogen) atoms. The first kappa shape index (κ1) is 19.3. The fourth-order valence-electron chi connectivity index (χ4n) is 3.53. The van der Waals surface area contributed by atoms with E-state index in [9.17, 15) is 4.79 Å². The number of carbonyl (C=O) groups is 1. The van der Waals surface area contributed by atoms with E-state index in [0.29, 0.717) is 16.7 Å². The summed E-state index contributed by atoms with van der Waals surface area (Å²) in [6.45, 7) is 2.07. The summed E-state index contributed by atoms with van der Waals surface area (Å²) in [5.74, 6) is 1.48. The second-order valence-electron chi connectivity index (χ2n) is 6.65. The maximum atomic E-state index is 12.9.